The van der Waals surface area contributed by atoms with E-state index >= 15 is 0 Å². The zero-order valence-corrected chi connectivity index (χ0v) is 10.0. The first-order valence-corrected chi connectivity index (χ1v) is 6.23. The van der Waals surface area contributed by atoms with Crippen LogP contribution in [0.2, 0.25) is 0 Å². The highest BCUT2D eigenvalue weighted by Crippen LogP contribution is 2.19. The van der Waals surface area contributed by atoms with Crippen LogP contribution in [0, 0.1) is 5.92 Å². The molecule has 0 bridgehead atoms. The van der Waals surface area contributed by atoms with Crippen LogP contribution in [0.3, 0.4) is 0 Å². The summed E-state index contributed by atoms with van der Waals surface area (Å²) in [5.74, 6) is 0.853. The molecular formula is C12H24N2O. The molecule has 0 aromatic rings. The summed E-state index contributed by atoms with van der Waals surface area (Å²) in [7, 11) is 0. The second kappa shape index (κ2) is 6.11. The van der Waals surface area contributed by atoms with Crippen molar-refractivity contribution in [2.45, 2.75) is 52.0 Å². The molecule has 1 fully saturated rings. The van der Waals surface area contributed by atoms with Crippen molar-refractivity contribution in [3.05, 3.63) is 0 Å². The van der Waals surface area contributed by atoms with E-state index in [0.29, 0.717) is 5.92 Å². The van der Waals surface area contributed by atoms with Gasteiger partial charge in [0.15, 0.2) is 0 Å². The van der Waals surface area contributed by atoms with Gasteiger partial charge in [-0.25, -0.2) is 0 Å². The lowest BCUT2D eigenvalue weighted by molar-refractivity contribution is -0.134. The first-order chi connectivity index (χ1) is 7.19. The first-order valence-electron chi connectivity index (χ1n) is 6.23. The van der Waals surface area contributed by atoms with Crippen LogP contribution in [0.1, 0.15) is 46.0 Å². The average Bonchev–Trinajstić information content (AvgIpc) is 2.28. The van der Waals surface area contributed by atoms with E-state index < -0.39 is 0 Å². The predicted molar refractivity (Wildman–Crippen MR) is 62.5 cm³/mol. The first kappa shape index (κ1) is 12.5. The molecular weight excluding hydrogens is 188 g/mol. The summed E-state index contributed by atoms with van der Waals surface area (Å²) >= 11 is 0. The molecule has 1 aliphatic heterocycles. The Bertz CT molecular complexity index is 206. The Hall–Kier alpha value is -0.570. The minimum atomic E-state index is -0.273. The van der Waals surface area contributed by atoms with Crippen LogP contribution in [0.4, 0.5) is 0 Å². The Balaban J connectivity index is 2.44. The molecule has 2 unspecified atom stereocenters. The van der Waals surface area contributed by atoms with Crippen molar-refractivity contribution >= 4 is 5.91 Å². The molecule has 88 valence electrons. The van der Waals surface area contributed by atoms with Crippen molar-refractivity contribution in [3.8, 4) is 0 Å². The maximum atomic E-state index is 12.0. The molecule has 0 saturated carbocycles. The van der Waals surface area contributed by atoms with Crippen molar-refractivity contribution in [3.63, 3.8) is 0 Å². The lowest BCUT2D eigenvalue weighted by Crippen LogP contribution is -2.47. The molecule has 1 amide bonds. The number of carbonyl (C=O) groups excluding carboxylic acids is 1. The van der Waals surface area contributed by atoms with E-state index in [1.807, 2.05) is 4.90 Å². The molecule has 1 heterocycles. The summed E-state index contributed by atoms with van der Waals surface area (Å²) in [6.07, 6.45) is 5.38. The van der Waals surface area contributed by atoms with Gasteiger partial charge in [-0.3, -0.25) is 4.79 Å². The normalized spacial score (nSPS) is 23.9. The van der Waals surface area contributed by atoms with Gasteiger partial charge in [-0.15, -0.1) is 0 Å². The van der Waals surface area contributed by atoms with Crippen molar-refractivity contribution in [2.24, 2.45) is 11.7 Å². The van der Waals surface area contributed by atoms with E-state index in [1.54, 1.807) is 0 Å². The topological polar surface area (TPSA) is 46.3 Å². The Morgan fingerprint density at radius 1 is 1.53 bits per heavy atom. The molecule has 1 rings (SSSR count). The van der Waals surface area contributed by atoms with Gasteiger partial charge in [0.05, 0.1) is 6.04 Å². The van der Waals surface area contributed by atoms with Gasteiger partial charge in [-0.1, -0.05) is 26.7 Å². The quantitative estimate of drug-likeness (QED) is 0.772. The second-order valence-electron chi connectivity index (χ2n) is 4.60. The van der Waals surface area contributed by atoms with Gasteiger partial charge in [0.2, 0.25) is 5.91 Å². The number of nitrogens with zero attached hydrogens (tertiary/aromatic N) is 1. The third kappa shape index (κ3) is 3.49. The molecule has 2 atom stereocenters. The standard InChI is InChI=1S/C12H24N2O/c1-3-6-11(13)12(15)14-8-5-7-10(4-2)9-14/h10-11H,3-9,13H2,1-2H3. The van der Waals surface area contributed by atoms with Crippen LogP contribution in [0.25, 0.3) is 0 Å². The van der Waals surface area contributed by atoms with Gasteiger partial charge in [-0.2, -0.15) is 0 Å². The maximum absolute atomic E-state index is 12.0. The van der Waals surface area contributed by atoms with Crippen LogP contribution in [0.5, 0.6) is 0 Å². The van der Waals surface area contributed by atoms with Crippen LogP contribution in [0.15, 0.2) is 0 Å². The fraction of sp³-hybridized carbons (Fsp3) is 0.917. The van der Waals surface area contributed by atoms with Gasteiger partial charge in [0, 0.05) is 13.1 Å². The van der Waals surface area contributed by atoms with Crippen LogP contribution >= 0.6 is 0 Å². The van der Waals surface area contributed by atoms with Crippen LogP contribution in [-0.4, -0.2) is 29.9 Å². The highest BCUT2D eigenvalue weighted by Gasteiger charge is 2.25. The van der Waals surface area contributed by atoms with E-state index in [-0.39, 0.29) is 11.9 Å². The van der Waals surface area contributed by atoms with Crippen molar-refractivity contribution < 1.29 is 4.79 Å². The van der Waals surface area contributed by atoms with E-state index in [0.717, 1.165) is 32.4 Å². The number of rotatable bonds is 4. The lowest BCUT2D eigenvalue weighted by Gasteiger charge is -2.33. The van der Waals surface area contributed by atoms with E-state index in [9.17, 15) is 4.79 Å². The summed E-state index contributed by atoms with van der Waals surface area (Å²) in [5.41, 5.74) is 5.85. The van der Waals surface area contributed by atoms with Gasteiger partial charge in [-0.05, 0) is 25.2 Å². The molecule has 0 aliphatic carbocycles. The largest absolute Gasteiger partial charge is 0.341 e. The summed E-state index contributed by atoms with van der Waals surface area (Å²) < 4.78 is 0. The maximum Gasteiger partial charge on any atom is 0.239 e. The number of hydrogen-bond donors (Lipinski definition) is 1. The van der Waals surface area contributed by atoms with Crippen molar-refractivity contribution in [1.82, 2.24) is 4.90 Å². The fourth-order valence-electron chi connectivity index (χ4n) is 2.27. The van der Waals surface area contributed by atoms with Gasteiger partial charge in [0.25, 0.3) is 0 Å². The number of nitrogens with two attached hydrogens (primary N) is 1. The zero-order chi connectivity index (χ0) is 11.3. The molecule has 1 aliphatic rings. The molecule has 15 heavy (non-hydrogen) atoms. The molecule has 0 spiro atoms. The molecule has 1 saturated heterocycles. The SMILES string of the molecule is CCCC(N)C(=O)N1CCCC(CC)C1. The van der Waals surface area contributed by atoms with E-state index in [1.165, 1.54) is 12.8 Å². The molecule has 0 aromatic heterocycles. The summed E-state index contributed by atoms with van der Waals surface area (Å²) in [6.45, 7) is 6.10. The number of hydrogen-bond acceptors (Lipinski definition) is 2. The summed E-state index contributed by atoms with van der Waals surface area (Å²) in [4.78, 5) is 13.9. The third-order valence-electron chi connectivity index (χ3n) is 3.32. The Morgan fingerprint density at radius 2 is 2.27 bits per heavy atom. The third-order valence-corrected chi connectivity index (χ3v) is 3.32. The fourth-order valence-corrected chi connectivity index (χ4v) is 2.27. The minimum absolute atomic E-state index is 0.162. The molecule has 3 nitrogen and oxygen atoms in total. The number of carbonyl (C=O) groups is 1. The Morgan fingerprint density at radius 3 is 2.87 bits per heavy atom. The van der Waals surface area contributed by atoms with Crippen molar-refractivity contribution in [1.29, 1.82) is 0 Å². The highest BCUT2D eigenvalue weighted by atomic mass is 16.2. The predicted octanol–water partition coefficient (Wildman–Crippen LogP) is 1.76. The van der Waals surface area contributed by atoms with E-state index in [4.69, 9.17) is 5.73 Å². The van der Waals surface area contributed by atoms with Gasteiger partial charge < -0.3 is 10.6 Å². The zero-order valence-electron chi connectivity index (χ0n) is 10.0. The number of likely N-dealkylation sites (tertiary alicyclic amines) is 1. The van der Waals surface area contributed by atoms with Crippen LogP contribution in [-0.2, 0) is 4.79 Å². The average molecular weight is 212 g/mol. The molecule has 0 aromatic carbocycles. The Kier molecular flexibility index (Phi) is 5.09. The molecule has 0 radical (unpaired) electrons. The summed E-state index contributed by atoms with van der Waals surface area (Å²) in [5, 5.41) is 0. The van der Waals surface area contributed by atoms with E-state index in [2.05, 4.69) is 13.8 Å². The smallest absolute Gasteiger partial charge is 0.239 e. The summed E-state index contributed by atoms with van der Waals surface area (Å²) in [6, 6.07) is -0.273. The molecule has 2 N–H and O–H groups in total. The van der Waals surface area contributed by atoms with Gasteiger partial charge >= 0.3 is 0 Å². The highest BCUT2D eigenvalue weighted by molar-refractivity contribution is 5.81. The molecule has 3 heteroatoms. The Labute approximate surface area is 93.0 Å². The van der Waals surface area contributed by atoms with Crippen molar-refractivity contribution in [2.75, 3.05) is 13.1 Å². The monoisotopic (exact) mass is 212 g/mol. The number of amides is 1. The lowest BCUT2D eigenvalue weighted by atomic mass is 9.95. The second-order valence-corrected chi connectivity index (χ2v) is 4.60. The minimum Gasteiger partial charge on any atom is -0.341 e. The number of piperidine rings is 1. The van der Waals surface area contributed by atoms with Gasteiger partial charge in [0.1, 0.15) is 0 Å². The van der Waals surface area contributed by atoms with Crippen LogP contribution < -0.4 is 5.73 Å².